The number of morpholine rings is 1. The molecule has 1 fully saturated rings. The molecule has 6 heteroatoms. The zero-order valence-electron chi connectivity index (χ0n) is 15.3. The van der Waals surface area contributed by atoms with E-state index >= 15 is 0 Å². The normalized spacial score (nSPS) is 16.0. The summed E-state index contributed by atoms with van der Waals surface area (Å²) in [6.07, 6.45) is 0.298. The zero-order valence-corrected chi connectivity index (χ0v) is 16.9. The van der Waals surface area contributed by atoms with Crippen molar-refractivity contribution in [1.82, 2.24) is 5.32 Å². The van der Waals surface area contributed by atoms with Gasteiger partial charge in [-0.3, -0.25) is 4.79 Å². The first kappa shape index (κ1) is 19.9. The number of amides is 1. The first-order valence-electron chi connectivity index (χ1n) is 9.35. The molecular formula is C21H26BrN2O3+. The first-order valence-corrected chi connectivity index (χ1v) is 10.1. The topological polar surface area (TPSA) is 63.0 Å². The first-order chi connectivity index (χ1) is 13.1. The molecule has 0 aliphatic carbocycles. The van der Waals surface area contributed by atoms with Crippen LogP contribution < -0.4 is 10.2 Å². The van der Waals surface area contributed by atoms with Gasteiger partial charge in [0, 0.05) is 22.4 Å². The lowest BCUT2D eigenvalue weighted by molar-refractivity contribution is -0.906. The van der Waals surface area contributed by atoms with Gasteiger partial charge in [-0.15, -0.1) is 0 Å². The van der Waals surface area contributed by atoms with E-state index in [0.717, 1.165) is 48.4 Å². The average molecular weight is 434 g/mol. The summed E-state index contributed by atoms with van der Waals surface area (Å²) >= 11 is 3.46. The summed E-state index contributed by atoms with van der Waals surface area (Å²) in [5.74, 6) is 0.00735. The van der Waals surface area contributed by atoms with Crippen LogP contribution in [0.2, 0.25) is 0 Å². The second-order valence-corrected chi connectivity index (χ2v) is 7.75. The molecule has 1 aliphatic rings. The number of carbonyl (C=O) groups is 1. The molecule has 0 spiro atoms. The maximum absolute atomic E-state index is 12.6. The van der Waals surface area contributed by atoms with Crippen molar-refractivity contribution < 1.29 is 19.5 Å². The Balaban J connectivity index is 1.66. The number of quaternary nitrogens is 1. The van der Waals surface area contributed by atoms with Crippen LogP contribution in [0.1, 0.15) is 23.5 Å². The minimum atomic E-state index is -0.195. The second kappa shape index (κ2) is 9.88. The number of benzene rings is 2. The summed E-state index contributed by atoms with van der Waals surface area (Å²) in [6.45, 7) is 5.14. The Morgan fingerprint density at radius 2 is 1.93 bits per heavy atom. The molecule has 2 aromatic rings. The number of carbonyl (C=O) groups excluding carboxylic acids is 1. The van der Waals surface area contributed by atoms with Crippen LogP contribution in [0.15, 0.2) is 53.0 Å². The van der Waals surface area contributed by atoms with Gasteiger partial charge in [0.25, 0.3) is 0 Å². The van der Waals surface area contributed by atoms with Gasteiger partial charge in [0.2, 0.25) is 5.91 Å². The molecule has 5 nitrogen and oxygen atoms in total. The Morgan fingerprint density at radius 3 is 2.67 bits per heavy atom. The lowest BCUT2D eigenvalue weighted by Crippen LogP contribution is -3.14. The molecule has 1 saturated heterocycles. The van der Waals surface area contributed by atoms with E-state index in [9.17, 15) is 9.90 Å². The van der Waals surface area contributed by atoms with Gasteiger partial charge in [0.1, 0.15) is 18.8 Å². The molecule has 0 radical (unpaired) electrons. The third-order valence-electron chi connectivity index (χ3n) is 4.96. The molecule has 0 unspecified atom stereocenters. The summed E-state index contributed by atoms with van der Waals surface area (Å²) in [7, 11) is 0. The number of hydrogen-bond acceptors (Lipinski definition) is 3. The fraction of sp³-hybridized carbons (Fsp3) is 0.381. The second-order valence-electron chi connectivity index (χ2n) is 6.83. The van der Waals surface area contributed by atoms with Gasteiger partial charge in [0.15, 0.2) is 0 Å². The molecule has 1 aliphatic heterocycles. The largest absolute Gasteiger partial charge is 0.508 e. The highest BCUT2D eigenvalue weighted by Gasteiger charge is 2.22. The Hall–Kier alpha value is -1.89. The van der Waals surface area contributed by atoms with E-state index in [0.29, 0.717) is 13.0 Å². The van der Waals surface area contributed by atoms with E-state index in [1.54, 1.807) is 12.1 Å². The monoisotopic (exact) mass is 433 g/mol. The van der Waals surface area contributed by atoms with Crippen LogP contribution >= 0.6 is 15.9 Å². The number of nitrogens with one attached hydrogen (secondary N) is 2. The molecule has 27 heavy (non-hydrogen) atoms. The Kier molecular flexibility index (Phi) is 7.26. The molecule has 1 heterocycles. The van der Waals surface area contributed by atoms with Crippen molar-refractivity contribution >= 4 is 21.8 Å². The van der Waals surface area contributed by atoms with Crippen LogP contribution in [-0.4, -0.2) is 50.4 Å². The summed E-state index contributed by atoms with van der Waals surface area (Å²) < 4.78 is 6.24. The van der Waals surface area contributed by atoms with Crippen molar-refractivity contribution in [2.45, 2.75) is 12.3 Å². The highest BCUT2D eigenvalue weighted by molar-refractivity contribution is 9.10. The minimum absolute atomic E-state index is 0.00381. The lowest BCUT2D eigenvalue weighted by atomic mass is 9.87. The summed E-state index contributed by atoms with van der Waals surface area (Å²) in [6, 6.07) is 15.2. The molecule has 0 bridgehead atoms. The van der Waals surface area contributed by atoms with Gasteiger partial charge in [-0.1, -0.05) is 46.3 Å². The van der Waals surface area contributed by atoms with E-state index in [4.69, 9.17) is 4.74 Å². The van der Waals surface area contributed by atoms with Gasteiger partial charge in [-0.25, -0.2) is 0 Å². The van der Waals surface area contributed by atoms with E-state index in [2.05, 4.69) is 21.2 Å². The van der Waals surface area contributed by atoms with E-state index < -0.39 is 0 Å². The molecule has 1 amide bonds. The quantitative estimate of drug-likeness (QED) is 0.622. The number of phenols is 1. The maximum Gasteiger partial charge on any atom is 0.221 e. The Bertz CT molecular complexity index is 748. The van der Waals surface area contributed by atoms with Gasteiger partial charge in [0.05, 0.1) is 26.3 Å². The van der Waals surface area contributed by atoms with Crippen LogP contribution in [0.4, 0.5) is 0 Å². The molecule has 3 rings (SSSR count). The van der Waals surface area contributed by atoms with Crippen molar-refractivity contribution in [2.75, 3.05) is 39.4 Å². The van der Waals surface area contributed by atoms with Crippen molar-refractivity contribution in [3.8, 4) is 5.75 Å². The molecular weight excluding hydrogens is 408 g/mol. The zero-order chi connectivity index (χ0) is 19.1. The van der Waals surface area contributed by atoms with Crippen LogP contribution in [-0.2, 0) is 9.53 Å². The van der Waals surface area contributed by atoms with Crippen LogP contribution in [0.3, 0.4) is 0 Å². The average Bonchev–Trinajstić information content (AvgIpc) is 2.70. The molecule has 144 valence electrons. The fourth-order valence-electron chi connectivity index (χ4n) is 3.44. The van der Waals surface area contributed by atoms with Crippen LogP contribution in [0.5, 0.6) is 5.75 Å². The van der Waals surface area contributed by atoms with E-state index in [-0.39, 0.29) is 17.6 Å². The summed E-state index contributed by atoms with van der Waals surface area (Å²) in [4.78, 5) is 14.1. The number of rotatable bonds is 7. The van der Waals surface area contributed by atoms with Gasteiger partial charge in [-0.05, 0) is 23.8 Å². The highest BCUT2D eigenvalue weighted by atomic mass is 79.9. The standard InChI is InChI=1S/C21H25BrN2O3/c22-17-6-7-20(25)19(14-17)18(16-4-2-1-3-5-16)15-21(26)23-8-9-24-10-12-27-13-11-24/h1-7,14,18,25H,8-13,15H2,(H,23,26)/p+1/t18-/m0/s1. The predicted molar refractivity (Wildman–Crippen MR) is 108 cm³/mol. The lowest BCUT2D eigenvalue weighted by Gasteiger charge is -2.24. The maximum atomic E-state index is 12.6. The van der Waals surface area contributed by atoms with Crippen molar-refractivity contribution in [1.29, 1.82) is 0 Å². The van der Waals surface area contributed by atoms with Gasteiger partial charge >= 0.3 is 0 Å². The van der Waals surface area contributed by atoms with E-state index in [1.807, 2.05) is 36.4 Å². The van der Waals surface area contributed by atoms with Crippen LogP contribution in [0, 0.1) is 0 Å². The number of halogens is 1. The molecule has 3 N–H and O–H groups in total. The van der Waals surface area contributed by atoms with Crippen molar-refractivity contribution in [2.24, 2.45) is 0 Å². The smallest absolute Gasteiger partial charge is 0.221 e. The fourth-order valence-corrected chi connectivity index (χ4v) is 3.82. The van der Waals surface area contributed by atoms with Crippen molar-refractivity contribution in [3.05, 3.63) is 64.1 Å². The number of hydrogen-bond donors (Lipinski definition) is 3. The SMILES string of the molecule is O=C(C[C@@H](c1ccccc1)c1cc(Br)ccc1O)NCC[NH+]1CCOCC1. The molecule has 2 aromatic carbocycles. The predicted octanol–water partition coefficient (Wildman–Crippen LogP) is 1.71. The summed E-state index contributed by atoms with van der Waals surface area (Å²) in [5, 5.41) is 13.4. The summed E-state index contributed by atoms with van der Waals surface area (Å²) in [5.41, 5.74) is 1.77. The Labute approximate surface area is 168 Å². The van der Waals surface area contributed by atoms with Gasteiger partial charge in [-0.2, -0.15) is 0 Å². The van der Waals surface area contributed by atoms with E-state index in [1.165, 1.54) is 4.90 Å². The van der Waals surface area contributed by atoms with Crippen LogP contribution in [0.25, 0.3) is 0 Å². The third-order valence-corrected chi connectivity index (χ3v) is 5.45. The molecule has 0 aromatic heterocycles. The number of aromatic hydroxyl groups is 1. The molecule has 0 saturated carbocycles. The molecule has 1 atom stereocenters. The van der Waals surface area contributed by atoms with Crippen molar-refractivity contribution in [3.63, 3.8) is 0 Å². The number of ether oxygens (including phenoxy) is 1. The van der Waals surface area contributed by atoms with Gasteiger partial charge < -0.3 is 20.1 Å². The third kappa shape index (κ3) is 5.79. The highest BCUT2D eigenvalue weighted by Crippen LogP contribution is 2.35. The minimum Gasteiger partial charge on any atom is -0.508 e. The number of phenolic OH excluding ortho intramolecular Hbond substituents is 1. The Morgan fingerprint density at radius 1 is 1.19 bits per heavy atom.